The lowest BCUT2D eigenvalue weighted by Crippen LogP contribution is -2.29. The molecule has 1 rings (SSSR count). The summed E-state index contributed by atoms with van der Waals surface area (Å²) in [5.74, 6) is 0. The lowest BCUT2D eigenvalue weighted by molar-refractivity contribution is 0.527. The lowest BCUT2D eigenvalue weighted by atomic mass is 9.86. The number of rotatable bonds is 3. The van der Waals surface area contributed by atoms with E-state index in [9.17, 15) is 8.42 Å². The molecule has 4 nitrogen and oxygen atoms in total. The fourth-order valence-electron chi connectivity index (χ4n) is 1.47. The molecule has 1 N–H and O–H groups in total. The standard InChI is InChI=1S/C13H22N2O2S/c1-10-9-11(13(2,3)4)7-8-12(10)14-18(16,17)15(5)6/h7-9,14H,1-6H3. The predicted octanol–water partition coefficient (Wildman–Crippen LogP) is 2.51. The molecule has 18 heavy (non-hydrogen) atoms. The molecular formula is C13H22N2O2S. The van der Waals surface area contributed by atoms with Crippen LogP contribution in [0, 0.1) is 6.92 Å². The van der Waals surface area contributed by atoms with Crippen molar-refractivity contribution < 1.29 is 8.42 Å². The SMILES string of the molecule is Cc1cc(C(C)(C)C)ccc1NS(=O)(=O)N(C)C. The van der Waals surface area contributed by atoms with Crippen molar-refractivity contribution in [2.24, 2.45) is 0 Å². The number of benzene rings is 1. The van der Waals surface area contributed by atoms with Crippen molar-refractivity contribution in [1.82, 2.24) is 4.31 Å². The van der Waals surface area contributed by atoms with Crippen LogP contribution in [0.15, 0.2) is 18.2 Å². The number of hydrogen-bond acceptors (Lipinski definition) is 2. The fraction of sp³-hybridized carbons (Fsp3) is 0.538. The molecule has 1 aromatic rings. The van der Waals surface area contributed by atoms with E-state index in [1.54, 1.807) is 0 Å². The maximum Gasteiger partial charge on any atom is 0.301 e. The van der Waals surface area contributed by atoms with Crippen LogP contribution in [0.25, 0.3) is 0 Å². The molecule has 102 valence electrons. The van der Waals surface area contributed by atoms with E-state index in [1.807, 2.05) is 25.1 Å². The number of aryl methyl sites for hydroxylation is 1. The van der Waals surface area contributed by atoms with Gasteiger partial charge in [0.1, 0.15) is 0 Å². The third kappa shape index (κ3) is 3.46. The average molecular weight is 270 g/mol. The van der Waals surface area contributed by atoms with Crippen LogP contribution in [0.2, 0.25) is 0 Å². The quantitative estimate of drug-likeness (QED) is 0.917. The molecule has 0 aliphatic rings. The van der Waals surface area contributed by atoms with E-state index in [0.717, 1.165) is 9.87 Å². The molecule has 0 bridgehead atoms. The molecule has 0 spiro atoms. The zero-order valence-corrected chi connectivity index (χ0v) is 12.7. The molecule has 1 aromatic carbocycles. The minimum Gasteiger partial charge on any atom is -0.271 e. The second-order valence-corrected chi connectivity index (χ2v) is 7.55. The molecule has 0 aliphatic heterocycles. The van der Waals surface area contributed by atoms with Gasteiger partial charge in [-0.25, -0.2) is 0 Å². The third-order valence-electron chi connectivity index (χ3n) is 2.81. The van der Waals surface area contributed by atoms with E-state index in [2.05, 4.69) is 25.5 Å². The second kappa shape index (κ2) is 4.90. The summed E-state index contributed by atoms with van der Waals surface area (Å²) < 4.78 is 27.2. The van der Waals surface area contributed by atoms with Gasteiger partial charge >= 0.3 is 10.2 Å². The van der Waals surface area contributed by atoms with Gasteiger partial charge in [0.15, 0.2) is 0 Å². The number of nitrogens with one attached hydrogen (secondary N) is 1. The molecule has 0 radical (unpaired) electrons. The molecule has 5 heteroatoms. The van der Waals surface area contributed by atoms with Gasteiger partial charge in [-0.1, -0.05) is 32.9 Å². The lowest BCUT2D eigenvalue weighted by Gasteiger charge is -2.21. The Kier molecular flexibility index (Phi) is 4.08. The van der Waals surface area contributed by atoms with Crippen molar-refractivity contribution in [3.63, 3.8) is 0 Å². The zero-order valence-electron chi connectivity index (χ0n) is 11.9. The van der Waals surface area contributed by atoms with Gasteiger partial charge in [0.2, 0.25) is 0 Å². The maximum absolute atomic E-state index is 11.7. The molecule has 0 aromatic heterocycles. The average Bonchev–Trinajstić information content (AvgIpc) is 2.19. The Morgan fingerprint density at radius 2 is 1.72 bits per heavy atom. The first-order valence-corrected chi connectivity index (χ1v) is 7.29. The normalized spacial score (nSPS) is 12.8. The van der Waals surface area contributed by atoms with Crippen LogP contribution >= 0.6 is 0 Å². The highest BCUT2D eigenvalue weighted by Crippen LogP contribution is 2.26. The highest BCUT2D eigenvalue weighted by Gasteiger charge is 2.17. The maximum atomic E-state index is 11.7. The first-order valence-electron chi connectivity index (χ1n) is 5.85. The molecule has 0 unspecified atom stereocenters. The summed E-state index contributed by atoms with van der Waals surface area (Å²) in [7, 11) is -0.436. The van der Waals surface area contributed by atoms with Crippen LogP contribution in [0.1, 0.15) is 31.9 Å². The van der Waals surface area contributed by atoms with Gasteiger partial charge in [-0.3, -0.25) is 4.72 Å². The Morgan fingerprint density at radius 3 is 2.11 bits per heavy atom. The summed E-state index contributed by atoms with van der Waals surface area (Å²) in [6.07, 6.45) is 0. The van der Waals surface area contributed by atoms with Gasteiger partial charge in [-0.15, -0.1) is 0 Å². The van der Waals surface area contributed by atoms with Gasteiger partial charge in [-0.05, 0) is 29.5 Å². The van der Waals surface area contributed by atoms with Gasteiger partial charge in [0.25, 0.3) is 0 Å². The van der Waals surface area contributed by atoms with Gasteiger partial charge in [-0.2, -0.15) is 12.7 Å². The molecule has 0 heterocycles. The van der Waals surface area contributed by atoms with Gasteiger partial charge in [0, 0.05) is 14.1 Å². The molecule has 0 atom stereocenters. The van der Waals surface area contributed by atoms with E-state index in [1.165, 1.54) is 19.7 Å². The summed E-state index contributed by atoms with van der Waals surface area (Å²) in [6, 6.07) is 5.80. The minimum absolute atomic E-state index is 0.0592. The fourth-order valence-corrected chi connectivity index (χ4v) is 2.16. The Balaban J connectivity index is 3.09. The molecule has 0 aliphatic carbocycles. The zero-order chi connectivity index (χ0) is 14.1. The van der Waals surface area contributed by atoms with E-state index >= 15 is 0 Å². The Morgan fingerprint density at radius 1 is 1.17 bits per heavy atom. The highest BCUT2D eigenvalue weighted by molar-refractivity contribution is 7.90. The van der Waals surface area contributed by atoms with Crippen molar-refractivity contribution in [2.75, 3.05) is 18.8 Å². The minimum atomic E-state index is -3.44. The number of hydrogen-bond donors (Lipinski definition) is 1. The summed E-state index contributed by atoms with van der Waals surface area (Å²) in [4.78, 5) is 0. The molecular weight excluding hydrogens is 248 g/mol. The molecule has 0 saturated heterocycles. The van der Waals surface area contributed by atoms with E-state index in [0.29, 0.717) is 5.69 Å². The Bertz CT molecular complexity index is 528. The topological polar surface area (TPSA) is 49.4 Å². The van der Waals surface area contributed by atoms with Crippen LogP contribution in [0.5, 0.6) is 0 Å². The Hall–Kier alpha value is -1.07. The highest BCUT2D eigenvalue weighted by atomic mass is 32.2. The largest absolute Gasteiger partial charge is 0.301 e. The van der Waals surface area contributed by atoms with Crippen molar-refractivity contribution in [3.05, 3.63) is 29.3 Å². The first-order chi connectivity index (χ1) is 8.04. The molecule has 0 amide bonds. The molecule has 0 saturated carbocycles. The Labute approximate surface area is 110 Å². The van der Waals surface area contributed by atoms with Crippen molar-refractivity contribution >= 4 is 15.9 Å². The van der Waals surface area contributed by atoms with Crippen LogP contribution < -0.4 is 4.72 Å². The van der Waals surface area contributed by atoms with Crippen LogP contribution in [-0.2, 0) is 15.6 Å². The van der Waals surface area contributed by atoms with Crippen molar-refractivity contribution in [1.29, 1.82) is 0 Å². The smallest absolute Gasteiger partial charge is 0.271 e. The summed E-state index contributed by atoms with van der Waals surface area (Å²) >= 11 is 0. The first kappa shape index (κ1) is 15.0. The summed E-state index contributed by atoms with van der Waals surface area (Å²) in [5.41, 5.74) is 2.79. The molecule has 0 fully saturated rings. The van der Waals surface area contributed by atoms with E-state index < -0.39 is 10.2 Å². The third-order valence-corrected chi connectivity index (χ3v) is 4.25. The van der Waals surface area contributed by atoms with Crippen LogP contribution in [0.4, 0.5) is 5.69 Å². The summed E-state index contributed by atoms with van der Waals surface area (Å²) in [5, 5.41) is 0. The van der Waals surface area contributed by atoms with Crippen LogP contribution in [-0.4, -0.2) is 26.8 Å². The summed E-state index contributed by atoms with van der Waals surface area (Å²) in [6.45, 7) is 8.30. The van der Waals surface area contributed by atoms with E-state index in [-0.39, 0.29) is 5.41 Å². The van der Waals surface area contributed by atoms with Crippen LogP contribution in [0.3, 0.4) is 0 Å². The van der Waals surface area contributed by atoms with Crippen molar-refractivity contribution in [3.8, 4) is 0 Å². The van der Waals surface area contributed by atoms with Crippen molar-refractivity contribution in [2.45, 2.75) is 33.1 Å². The second-order valence-electron chi connectivity index (χ2n) is 5.67. The monoisotopic (exact) mass is 270 g/mol. The van der Waals surface area contributed by atoms with Gasteiger partial charge in [0.05, 0.1) is 5.69 Å². The van der Waals surface area contributed by atoms with E-state index in [4.69, 9.17) is 0 Å². The number of nitrogens with zero attached hydrogens (tertiary/aromatic N) is 1. The predicted molar refractivity (Wildman–Crippen MR) is 76.1 cm³/mol. The van der Waals surface area contributed by atoms with Gasteiger partial charge < -0.3 is 0 Å². The number of anilines is 1.